The van der Waals surface area contributed by atoms with Gasteiger partial charge in [0.15, 0.2) is 6.54 Å². The Morgan fingerprint density at radius 3 is 1.98 bits per heavy atom. The summed E-state index contributed by atoms with van der Waals surface area (Å²) in [4.78, 5) is 3.17. The molecule has 0 unspecified atom stereocenters. The third-order valence-electron chi connectivity index (χ3n) is 8.68. The fourth-order valence-electron chi connectivity index (χ4n) is 6.29. The number of anilines is 1. The number of aromatic nitrogens is 1. The van der Waals surface area contributed by atoms with Crippen LogP contribution in [0.4, 0.5) is 5.69 Å². The lowest BCUT2D eigenvalue weighted by Crippen LogP contribution is -2.36. The molecule has 0 atom stereocenters. The van der Waals surface area contributed by atoms with Crippen LogP contribution in [0.5, 0.6) is 0 Å². The molecule has 0 saturated carbocycles. The molecule has 6 aromatic carbocycles. The Balaban J connectivity index is 1.29. The van der Waals surface area contributed by atoms with Crippen molar-refractivity contribution in [2.45, 2.75) is 22.9 Å². The van der Waals surface area contributed by atoms with Gasteiger partial charge in [0.1, 0.15) is 4.70 Å². The van der Waals surface area contributed by atoms with E-state index in [1.807, 2.05) is 36.4 Å². The molecule has 0 radical (unpaired) electrons. The Morgan fingerprint density at radius 1 is 0.673 bits per heavy atom. The van der Waals surface area contributed by atoms with Crippen LogP contribution in [0.1, 0.15) is 16.1 Å². The van der Waals surface area contributed by atoms with Crippen LogP contribution >= 0.6 is 23.1 Å². The maximum atomic E-state index is 12.4. The summed E-state index contributed by atoms with van der Waals surface area (Å²) in [6, 6.07) is 50.9. The molecule has 2 heterocycles. The predicted molar refractivity (Wildman–Crippen MR) is 201 cm³/mol. The summed E-state index contributed by atoms with van der Waals surface area (Å²) < 4.78 is 38.6. The highest BCUT2D eigenvalue weighted by Gasteiger charge is 2.30. The molecule has 0 spiro atoms. The largest absolute Gasteiger partial charge is 0.330 e. The molecule has 1 aromatic heterocycles. The monoisotopic (exact) mass is 695 g/mol. The van der Waals surface area contributed by atoms with Gasteiger partial charge in [0.05, 0.1) is 28.2 Å². The van der Waals surface area contributed by atoms with E-state index in [-0.39, 0.29) is 11.4 Å². The van der Waals surface area contributed by atoms with Crippen molar-refractivity contribution < 1.29 is 17.5 Å². The van der Waals surface area contributed by atoms with Gasteiger partial charge < -0.3 is 4.90 Å². The van der Waals surface area contributed by atoms with Crippen LogP contribution in [0.25, 0.3) is 38.5 Å². The molecule has 0 bridgehead atoms. The molecule has 1 aliphatic heterocycles. The Hall–Kier alpha value is -4.99. The summed E-state index contributed by atoms with van der Waals surface area (Å²) >= 11 is 3.41. The van der Waals surface area contributed by atoms with E-state index in [1.165, 1.54) is 21.9 Å². The zero-order valence-electron chi connectivity index (χ0n) is 26.3. The van der Waals surface area contributed by atoms with Crippen LogP contribution in [0.3, 0.4) is 0 Å². The summed E-state index contributed by atoms with van der Waals surface area (Å²) in [7, 11) is -4.42. The van der Waals surface area contributed by atoms with Gasteiger partial charge in [0.25, 0.3) is 15.1 Å². The first kappa shape index (κ1) is 31.3. The maximum absolute atomic E-state index is 12.4. The molecule has 8 heteroatoms. The molecule has 49 heavy (non-hydrogen) atoms. The van der Waals surface area contributed by atoms with E-state index in [0.29, 0.717) is 12.1 Å². The lowest BCUT2D eigenvalue weighted by atomic mass is 10.0. The number of fused-ring (bicyclic) bond motifs is 2. The summed E-state index contributed by atoms with van der Waals surface area (Å²) in [5.74, 6) is 0. The van der Waals surface area contributed by atoms with E-state index >= 15 is 0 Å². The molecular formula is C41H31N2O3S3+. The number of hydrogen-bond donors (Lipinski definition) is 1. The van der Waals surface area contributed by atoms with Gasteiger partial charge in [-0.2, -0.15) is 13.0 Å². The number of hydrogen-bond acceptors (Lipinski definition) is 5. The van der Waals surface area contributed by atoms with Crippen molar-refractivity contribution in [1.82, 2.24) is 0 Å². The third kappa shape index (κ3) is 6.44. The van der Waals surface area contributed by atoms with Gasteiger partial charge in [-0.25, -0.2) is 0 Å². The Morgan fingerprint density at radius 2 is 1.29 bits per heavy atom. The Bertz CT molecular complexity index is 2440. The fourth-order valence-corrected chi connectivity index (χ4v) is 9.24. The average molecular weight is 696 g/mol. The first-order valence-electron chi connectivity index (χ1n) is 15.9. The van der Waals surface area contributed by atoms with Gasteiger partial charge in [0.2, 0.25) is 5.52 Å². The zero-order valence-corrected chi connectivity index (χ0v) is 28.8. The quantitative estimate of drug-likeness (QED) is 0.127. The standard InChI is InChI=1S/C41H30N2O3S3/c44-49(45,46)39-19-11-10-18-34(39)28-43-36-25-33(31-16-8-3-9-17-31)21-23-38(36)48-41(43)26-40-42(27-29-12-4-1-5-13-29)35-24-32(20-22-37(35)47-40)30-14-6-2-7-15-30/h1-26H,27-28H2/p+1. The molecule has 1 aliphatic rings. The maximum Gasteiger partial charge on any atom is 0.294 e. The van der Waals surface area contributed by atoms with Crippen molar-refractivity contribution in [3.8, 4) is 22.3 Å². The van der Waals surface area contributed by atoms with Crippen molar-refractivity contribution in [2.24, 2.45) is 0 Å². The van der Waals surface area contributed by atoms with Gasteiger partial charge in [-0.15, -0.1) is 0 Å². The number of thiazole rings is 1. The van der Waals surface area contributed by atoms with Crippen molar-refractivity contribution in [3.63, 3.8) is 0 Å². The summed E-state index contributed by atoms with van der Waals surface area (Å²) in [5.41, 5.74) is 8.37. The molecule has 5 nitrogen and oxygen atoms in total. The second-order valence-corrected chi connectivity index (χ2v) is 15.4. The zero-order chi connectivity index (χ0) is 33.4. The SMILES string of the molecule is O=S(=O)(O)c1ccccc1CN1C(=Cc2sc3ccc(-c4ccccc4)cc3[n+]2Cc2ccccc2)Sc2ccc(-c3ccccc3)cc21. The van der Waals surface area contributed by atoms with E-state index in [0.717, 1.165) is 42.8 Å². The molecule has 7 aromatic rings. The number of nitrogens with zero attached hydrogens (tertiary/aromatic N) is 2. The average Bonchev–Trinajstić information content (AvgIpc) is 3.65. The van der Waals surface area contributed by atoms with Crippen molar-refractivity contribution in [3.05, 3.63) is 173 Å². The van der Waals surface area contributed by atoms with Gasteiger partial charge in [0, 0.05) is 16.5 Å². The van der Waals surface area contributed by atoms with Crippen molar-refractivity contribution >= 4 is 55.2 Å². The van der Waals surface area contributed by atoms with E-state index < -0.39 is 10.1 Å². The summed E-state index contributed by atoms with van der Waals surface area (Å²) in [6.45, 7) is 0.960. The van der Waals surface area contributed by atoms with Crippen LogP contribution < -0.4 is 9.47 Å². The molecule has 0 aliphatic carbocycles. The van der Waals surface area contributed by atoms with Gasteiger partial charge in [-0.3, -0.25) is 4.55 Å². The minimum Gasteiger partial charge on any atom is -0.330 e. The van der Waals surface area contributed by atoms with Crippen molar-refractivity contribution in [2.75, 3.05) is 4.90 Å². The van der Waals surface area contributed by atoms with E-state index in [4.69, 9.17) is 0 Å². The van der Waals surface area contributed by atoms with Crippen LogP contribution in [-0.4, -0.2) is 13.0 Å². The molecular weight excluding hydrogens is 665 g/mol. The van der Waals surface area contributed by atoms with Crippen LogP contribution in [0, 0.1) is 0 Å². The molecule has 0 saturated heterocycles. The second-order valence-electron chi connectivity index (χ2n) is 11.9. The predicted octanol–water partition coefficient (Wildman–Crippen LogP) is 9.93. The fraction of sp³-hybridized carbons (Fsp3) is 0.0488. The van der Waals surface area contributed by atoms with Gasteiger partial charge >= 0.3 is 0 Å². The first-order valence-corrected chi connectivity index (χ1v) is 19.0. The first-order chi connectivity index (χ1) is 23.9. The minimum absolute atomic E-state index is 0.0820. The normalized spacial score (nSPS) is 13.7. The topological polar surface area (TPSA) is 61.5 Å². The summed E-state index contributed by atoms with van der Waals surface area (Å²) in [6.07, 6.45) is 2.22. The molecule has 240 valence electrons. The summed E-state index contributed by atoms with van der Waals surface area (Å²) in [5, 5.41) is 2.05. The third-order valence-corrected chi connectivity index (χ3v) is 11.9. The molecule has 1 N–H and O–H groups in total. The van der Waals surface area contributed by atoms with Gasteiger partial charge in [-0.1, -0.05) is 144 Å². The lowest BCUT2D eigenvalue weighted by Gasteiger charge is -2.22. The lowest BCUT2D eigenvalue weighted by molar-refractivity contribution is -0.659. The van der Waals surface area contributed by atoms with Gasteiger partial charge in [-0.05, 0) is 52.1 Å². The molecule has 8 rings (SSSR count). The van der Waals surface area contributed by atoms with E-state index in [1.54, 1.807) is 35.2 Å². The minimum atomic E-state index is -4.42. The Kier molecular flexibility index (Phi) is 8.39. The highest BCUT2D eigenvalue weighted by atomic mass is 32.2. The van der Waals surface area contributed by atoms with Crippen LogP contribution in [-0.2, 0) is 23.2 Å². The van der Waals surface area contributed by atoms with Crippen LogP contribution in [0.15, 0.2) is 166 Å². The van der Waals surface area contributed by atoms with E-state index in [2.05, 4.69) is 113 Å². The second kappa shape index (κ2) is 13.1. The van der Waals surface area contributed by atoms with E-state index in [9.17, 15) is 13.0 Å². The number of rotatable bonds is 8. The number of benzene rings is 6. The smallest absolute Gasteiger partial charge is 0.294 e. The Labute approximate surface area is 294 Å². The molecule has 0 fully saturated rings. The highest BCUT2D eigenvalue weighted by molar-refractivity contribution is 8.03. The van der Waals surface area contributed by atoms with Crippen LogP contribution in [0.2, 0.25) is 0 Å². The molecule has 0 amide bonds. The number of thioether (sulfide) groups is 1. The van der Waals surface area contributed by atoms with Crippen molar-refractivity contribution in [1.29, 1.82) is 0 Å². The highest BCUT2D eigenvalue weighted by Crippen LogP contribution is 2.49.